The van der Waals surface area contributed by atoms with Gasteiger partial charge in [0.2, 0.25) is 5.91 Å². The second-order valence-corrected chi connectivity index (χ2v) is 12.4. The van der Waals surface area contributed by atoms with Crippen LogP contribution in [0.4, 0.5) is 11.4 Å². The van der Waals surface area contributed by atoms with Crippen LogP contribution in [0.15, 0.2) is 140 Å². The molecule has 2 amide bonds. The van der Waals surface area contributed by atoms with E-state index in [4.69, 9.17) is 4.74 Å². The smallest absolute Gasteiger partial charge is 0.312 e. The molecule has 4 atom stereocenters. The molecule has 1 saturated heterocycles. The molecule has 3 aliphatic heterocycles. The van der Waals surface area contributed by atoms with Crippen LogP contribution >= 0.6 is 0 Å². The molecule has 0 bridgehead atoms. The number of esters is 1. The van der Waals surface area contributed by atoms with E-state index in [0.29, 0.717) is 29.0 Å². The van der Waals surface area contributed by atoms with Crippen molar-refractivity contribution in [1.29, 1.82) is 0 Å². The Morgan fingerprint density at radius 1 is 0.638 bits per heavy atom. The maximum atomic E-state index is 15.7. The number of carbonyl (C=O) groups excluding carboxylic acids is 3. The molecule has 5 aromatic carbocycles. The zero-order chi connectivity index (χ0) is 32.2. The first-order valence-electron chi connectivity index (χ1n) is 15.8. The average molecular weight is 620 g/mol. The van der Waals surface area contributed by atoms with E-state index in [1.165, 1.54) is 7.11 Å². The van der Waals surface area contributed by atoms with Crippen LogP contribution < -0.4 is 15.1 Å². The molecule has 2 spiro atoms. The van der Waals surface area contributed by atoms with Gasteiger partial charge in [0, 0.05) is 23.0 Å². The van der Waals surface area contributed by atoms with Crippen LogP contribution in [0.1, 0.15) is 33.9 Å². The molecule has 47 heavy (non-hydrogen) atoms. The third kappa shape index (κ3) is 3.99. The lowest BCUT2D eigenvalue weighted by Crippen LogP contribution is -2.63. The second kappa shape index (κ2) is 11.1. The molecule has 3 aliphatic rings. The summed E-state index contributed by atoms with van der Waals surface area (Å²) in [4.78, 5) is 49.1. The Labute approximate surface area is 273 Å². The van der Waals surface area contributed by atoms with Crippen molar-refractivity contribution in [1.82, 2.24) is 5.32 Å². The summed E-state index contributed by atoms with van der Waals surface area (Å²) >= 11 is 0. The van der Waals surface area contributed by atoms with Crippen molar-refractivity contribution >= 4 is 29.2 Å². The highest BCUT2D eigenvalue weighted by Gasteiger charge is 2.80. The van der Waals surface area contributed by atoms with Gasteiger partial charge in [0.05, 0.1) is 26.1 Å². The molecule has 0 radical (unpaired) electrons. The van der Waals surface area contributed by atoms with Gasteiger partial charge in [-0.2, -0.15) is 0 Å². The van der Waals surface area contributed by atoms with Crippen LogP contribution in [0.5, 0.6) is 0 Å². The van der Waals surface area contributed by atoms with Gasteiger partial charge >= 0.3 is 5.97 Å². The van der Waals surface area contributed by atoms with E-state index in [1.807, 2.05) is 140 Å². The molecule has 0 unspecified atom stereocenters. The Hall–Kier alpha value is -5.53. The Kier molecular flexibility index (Phi) is 6.81. The largest absolute Gasteiger partial charge is 0.469 e. The first-order chi connectivity index (χ1) is 23.0. The Balaban J connectivity index is 1.43. The molecular formula is C40H33N3O4. The normalized spacial score (nSPS) is 24.2. The molecule has 0 aromatic heterocycles. The molecule has 1 fully saturated rings. The molecule has 0 aliphatic carbocycles. The van der Waals surface area contributed by atoms with E-state index >= 15 is 9.59 Å². The van der Waals surface area contributed by atoms with Gasteiger partial charge in [-0.1, -0.05) is 127 Å². The van der Waals surface area contributed by atoms with Crippen molar-refractivity contribution in [2.24, 2.45) is 5.92 Å². The second-order valence-electron chi connectivity index (χ2n) is 12.4. The SMILES string of the molecule is COC(=O)[C@@H]1[C@@H](c2ccccc2)N[C@]2(C(=O)N(Cc3ccccc3)c3ccccc32)[C@@]12C(=O)N(Cc1ccccc1)c1ccccc12. The van der Waals surface area contributed by atoms with Crippen LogP contribution in [-0.4, -0.2) is 24.9 Å². The van der Waals surface area contributed by atoms with E-state index in [1.54, 1.807) is 9.80 Å². The summed E-state index contributed by atoms with van der Waals surface area (Å²) in [5.41, 5.74) is 2.05. The molecule has 3 heterocycles. The Morgan fingerprint density at radius 3 is 1.68 bits per heavy atom. The Morgan fingerprint density at radius 2 is 1.11 bits per heavy atom. The third-order valence-electron chi connectivity index (χ3n) is 10.1. The van der Waals surface area contributed by atoms with Crippen LogP contribution in [0.3, 0.4) is 0 Å². The van der Waals surface area contributed by atoms with Gasteiger partial charge in [0.25, 0.3) is 5.91 Å². The highest BCUT2D eigenvalue weighted by molar-refractivity contribution is 6.20. The molecular weight excluding hydrogens is 586 g/mol. The molecule has 7 heteroatoms. The Bertz CT molecular complexity index is 2000. The monoisotopic (exact) mass is 619 g/mol. The number of methoxy groups -OCH3 is 1. The molecule has 8 rings (SSSR count). The predicted molar refractivity (Wildman–Crippen MR) is 179 cm³/mol. The van der Waals surface area contributed by atoms with Crippen molar-refractivity contribution in [2.75, 3.05) is 16.9 Å². The summed E-state index contributed by atoms with van der Waals surface area (Å²) in [5.74, 6) is -2.22. The number of amides is 2. The van der Waals surface area contributed by atoms with Crippen molar-refractivity contribution in [3.63, 3.8) is 0 Å². The van der Waals surface area contributed by atoms with Gasteiger partial charge < -0.3 is 14.5 Å². The standard InChI is InChI=1S/C40H33N3O4/c1-47-36(44)34-35(29-19-9-4-10-20-29)41-40(31-22-12-14-24-33(31)43(38(40)46)26-28-17-7-3-8-18-28)39(34)30-21-11-13-23-32(30)42(37(39)45)25-27-15-5-2-6-16-27/h2-24,34-35,41H,25-26H2,1H3/t34-,35+,39+,40+/m0/s1. The topological polar surface area (TPSA) is 79.0 Å². The lowest BCUT2D eigenvalue weighted by atomic mass is 9.58. The first-order valence-corrected chi connectivity index (χ1v) is 15.8. The molecule has 5 aromatic rings. The number of para-hydroxylation sites is 2. The number of nitrogens with zero attached hydrogens (tertiary/aromatic N) is 2. The number of rotatable bonds is 6. The number of nitrogens with one attached hydrogen (secondary N) is 1. The number of ether oxygens (including phenoxy) is 1. The molecule has 1 N–H and O–H groups in total. The summed E-state index contributed by atoms with van der Waals surface area (Å²) in [6, 6.07) is 43.7. The average Bonchev–Trinajstić information content (AvgIpc) is 3.67. The lowest BCUT2D eigenvalue weighted by molar-refractivity contribution is -0.152. The minimum absolute atomic E-state index is 0.278. The highest BCUT2D eigenvalue weighted by Crippen LogP contribution is 2.66. The van der Waals surface area contributed by atoms with Crippen LogP contribution in [-0.2, 0) is 43.2 Å². The minimum atomic E-state index is -1.68. The van der Waals surface area contributed by atoms with Gasteiger partial charge in [0.15, 0.2) is 0 Å². The van der Waals surface area contributed by atoms with Crippen LogP contribution in [0, 0.1) is 5.92 Å². The number of hydrogen-bond acceptors (Lipinski definition) is 5. The summed E-state index contributed by atoms with van der Waals surface area (Å²) in [5, 5.41) is 3.72. The van der Waals surface area contributed by atoms with Crippen molar-refractivity contribution in [3.05, 3.63) is 167 Å². The highest BCUT2D eigenvalue weighted by atomic mass is 16.5. The number of anilines is 2. The summed E-state index contributed by atoms with van der Waals surface area (Å²) in [6.45, 7) is 0.584. The van der Waals surface area contributed by atoms with E-state index < -0.39 is 28.9 Å². The number of carbonyl (C=O) groups is 3. The van der Waals surface area contributed by atoms with E-state index in [0.717, 1.165) is 16.7 Å². The zero-order valence-electron chi connectivity index (χ0n) is 25.9. The molecule has 0 saturated carbocycles. The molecule has 7 nitrogen and oxygen atoms in total. The van der Waals surface area contributed by atoms with Gasteiger partial charge in [0.1, 0.15) is 11.0 Å². The summed E-state index contributed by atoms with van der Waals surface area (Å²) in [6.07, 6.45) is 0. The minimum Gasteiger partial charge on any atom is -0.469 e. The third-order valence-corrected chi connectivity index (χ3v) is 10.1. The van der Waals surface area contributed by atoms with Crippen molar-refractivity contribution in [3.8, 4) is 0 Å². The maximum Gasteiger partial charge on any atom is 0.312 e. The van der Waals surface area contributed by atoms with Gasteiger partial charge in [-0.3, -0.25) is 19.7 Å². The number of fused-ring (bicyclic) bond motifs is 5. The van der Waals surface area contributed by atoms with Crippen molar-refractivity contribution in [2.45, 2.75) is 30.1 Å². The van der Waals surface area contributed by atoms with Gasteiger partial charge in [-0.05, 0) is 34.4 Å². The van der Waals surface area contributed by atoms with Crippen molar-refractivity contribution < 1.29 is 19.1 Å². The van der Waals surface area contributed by atoms with Gasteiger partial charge in [-0.25, -0.2) is 0 Å². The maximum absolute atomic E-state index is 15.7. The fraction of sp³-hybridized carbons (Fsp3) is 0.175. The zero-order valence-corrected chi connectivity index (χ0v) is 25.9. The van der Waals surface area contributed by atoms with E-state index in [2.05, 4.69) is 5.32 Å². The number of hydrogen-bond donors (Lipinski definition) is 1. The fourth-order valence-electron chi connectivity index (χ4n) is 8.25. The lowest BCUT2D eigenvalue weighted by Gasteiger charge is -2.40. The quantitative estimate of drug-likeness (QED) is 0.234. The molecule has 232 valence electrons. The van der Waals surface area contributed by atoms with Gasteiger partial charge in [-0.15, -0.1) is 0 Å². The van der Waals surface area contributed by atoms with Crippen LogP contribution in [0.25, 0.3) is 0 Å². The van der Waals surface area contributed by atoms with Crippen LogP contribution in [0.2, 0.25) is 0 Å². The van der Waals surface area contributed by atoms with E-state index in [-0.39, 0.29) is 18.4 Å². The first kappa shape index (κ1) is 28.9. The number of benzene rings is 5. The predicted octanol–water partition coefficient (Wildman–Crippen LogP) is 6.05. The fourth-order valence-corrected chi connectivity index (χ4v) is 8.25. The van der Waals surface area contributed by atoms with E-state index in [9.17, 15) is 4.79 Å². The summed E-state index contributed by atoms with van der Waals surface area (Å²) in [7, 11) is 1.35. The summed E-state index contributed by atoms with van der Waals surface area (Å²) < 4.78 is 5.56.